The lowest BCUT2D eigenvalue weighted by atomic mass is 10.1. The first kappa shape index (κ1) is 11.5. The van der Waals surface area contributed by atoms with E-state index in [2.05, 4.69) is 0 Å². The topological polar surface area (TPSA) is 18.5 Å². The Kier molecular flexibility index (Phi) is 4.94. The highest BCUT2D eigenvalue weighted by Gasteiger charge is 1.97. The second kappa shape index (κ2) is 6.02. The molecule has 0 saturated carbocycles. The van der Waals surface area contributed by atoms with Gasteiger partial charge in [0.2, 0.25) is 0 Å². The van der Waals surface area contributed by atoms with Gasteiger partial charge in [-0.3, -0.25) is 0 Å². The first-order valence-corrected chi connectivity index (χ1v) is 4.93. The molecule has 0 N–H and O–H groups in total. The number of aryl methyl sites for hydroxylation is 1. The minimum Gasteiger partial charge on any atom is -0.382 e. The number of hydrogen-bond donors (Lipinski definition) is 0. The van der Waals surface area contributed by atoms with Crippen LogP contribution in [0.1, 0.15) is 11.1 Å². The molecule has 0 aromatic heterocycles. The summed E-state index contributed by atoms with van der Waals surface area (Å²) in [4.78, 5) is 0. The average molecular weight is 215 g/mol. The molecular weight excluding hydrogens is 200 g/mol. The largest absolute Gasteiger partial charge is 0.382 e. The van der Waals surface area contributed by atoms with Crippen LogP contribution in [0.4, 0.5) is 0 Å². The molecule has 78 valence electrons. The number of rotatable bonds is 5. The summed E-state index contributed by atoms with van der Waals surface area (Å²) in [5.74, 6) is 0. The summed E-state index contributed by atoms with van der Waals surface area (Å²) >= 11 is 5.90. The zero-order valence-corrected chi connectivity index (χ0v) is 9.30. The fraction of sp³-hybridized carbons (Fsp3) is 0.455. The number of methoxy groups -OCH3 is 1. The normalized spacial score (nSPS) is 10.5. The Morgan fingerprint density at radius 3 is 2.71 bits per heavy atom. The Labute approximate surface area is 89.8 Å². The second-order valence-electron chi connectivity index (χ2n) is 3.13. The number of hydrogen-bond acceptors (Lipinski definition) is 2. The van der Waals surface area contributed by atoms with E-state index in [4.69, 9.17) is 21.1 Å². The van der Waals surface area contributed by atoms with E-state index in [1.54, 1.807) is 7.11 Å². The van der Waals surface area contributed by atoms with Gasteiger partial charge in [0.1, 0.15) is 0 Å². The molecule has 0 aliphatic heterocycles. The molecule has 1 rings (SSSR count). The van der Waals surface area contributed by atoms with E-state index in [1.807, 2.05) is 25.1 Å². The molecule has 0 fully saturated rings. The monoisotopic (exact) mass is 214 g/mol. The number of ether oxygens (including phenoxy) is 2. The highest BCUT2D eigenvalue weighted by molar-refractivity contribution is 6.31. The van der Waals surface area contributed by atoms with Gasteiger partial charge >= 0.3 is 0 Å². The zero-order valence-electron chi connectivity index (χ0n) is 8.55. The quantitative estimate of drug-likeness (QED) is 0.702. The predicted octanol–water partition coefficient (Wildman–Crippen LogP) is 2.81. The first-order chi connectivity index (χ1) is 6.74. The van der Waals surface area contributed by atoms with Crippen LogP contribution >= 0.6 is 11.6 Å². The van der Waals surface area contributed by atoms with Gasteiger partial charge in [-0.2, -0.15) is 0 Å². The molecule has 14 heavy (non-hydrogen) atoms. The molecule has 0 heterocycles. The van der Waals surface area contributed by atoms with Gasteiger partial charge in [0.05, 0.1) is 19.8 Å². The molecule has 0 atom stereocenters. The maximum Gasteiger partial charge on any atom is 0.0718 e. The third-order valence-electron chi connectivity index (χ3n) is 1.92. The van der Waals surface area contributed by atoms with Gasteiger partial charge in [0.25, 0.3) is 0 Å². The van der Waals surface area contributed by atoms with Gasteiger partial charge in [0, 0.05) is 12.1 Å². The molecule has 0 bridgehead atoms. The summed E-state index contributed by atoms with van der Waals surface area (Å²) in [6, 6.07) is 5.91. The maximum absolute atomic E-state index is 5.90. The molecule has 0 unspecified atom stereocenters. The van der Waals surface area contributed by atoms with Crippen LogP contribution < -0.4 is 0 Å². The van der Waals surface area contributed by atoms with Gasteiger partial charge in [0.15, 0.2) is 0 Å². The molecule has 0 aliphatic rings. The molecule has 0 saturated heterocycles. The van der Waals surface area contributed by atoms with Crippen LogP contribution in [0.3, 0.4) is 0 Å². The van der Waals surface area contributed by atoms with E-state index in [9.17, 15) is 0 Å². The highest BCUT2D eigenvalue weighted by Crippen LogP contribution is 2.16. The van der Waals surface area contributed by atoms with Crippen molar-refractivity contribution in [3.05, 3.63) is 34.3 Å². The fourth-order valence-corrected chi connectivity index (χ4v) is 1.25. The molecule has 0 aliphatic carbocycles. The Hall–Kier alpha value is -0.570. The van der Waals surface area contributed by atoms with Crippen molar-refractivity contribution in [3.8, 4) is 0 Å². The minimum absolute atomic E-state index is 0.612. The average Bonchev–Trinajstić information content (AvgIpc) is 2.18. The van der Waals surface area contributed by atoms with Crippen molar-refractivity contribution in [2.24, 2.45) is 0 Å². The van der Waals surface area contributed by atoms with Gasteiger partial charge in [-0.1, -0.05) is 23.7 Å². The lowest BCUT2D eigenvalue weighted by Gasteiger charge is -2.05. The van der Waals surface area contributed by atoms with Gasteiger partial charge in [-0.25, -0.2) is 0 Å². The van der Waals surface area contributed by atoms with Crippen LogP contribution in [-0.4, -0.2) is 20.3 Å². The lowest BCUT2D eigenvalue weighted by molar-refractivity contribution is 0.0616. The second-order valence-corrected chi connectivity index (χ2v) is 3.54. The van der Waals surface area contributed by atoms with Crippen LogP contribution in [0.5, 0.6) is 0 Å². The summed E-state index contributed by atoms with van der Waals surface area (Å²) in [5, 5.41) is 0.797. The van der Waals surface area contributed by atoms with Gasteiger partial charge in [-0.15, -0.1) is 0 Å². The molecule has 0 radical (unpaired) electrons. The maximum atomic E-state index is 5.90. The van der Waals surface area contributed by atoms with Crippen molar-refractivity contribution in [2.75, 3.05) is 20.3 Å². The van der Waals surface area contributed by atoms with E-state index in [0.29, 0.717) is 19.8 Å². The molecule has 3 heteroatoms. The summed E-state index contributed by atoms with van der Waals surface area (Å²) in [6.45, 7) is 3.85. The van der Waals surface area contributed by atoms with E-state index < -0.39 is 0 Å². The third-order valence-corrected chi connectivity index (χ3v) is 2.35. The predicted molar refractivity (Wildman–Crippen MR) is 57.7 cm³/mol. The number of benzene rings is 1. The zero-order chi connectivity index (χ0) is 10.4. The summed E-state index contributed by atoms with van der Waals surface area (Å²) < 4.78 is 10.3. The molecule has 1 aromatic carbocycles. The molecule has 1 aromatic rings. The van der Waals surface area contributed by atoms with Gasteiger partial charge in [-0.05, 0) is 24.1 Å². The molecule has 0 amide bonds. The van der Waals surface area contributed by atoms with Crippen molar-refractivity contribution in [1.29, 1.82) is 0 Å². The summed E-state index contributed by atoms with van der Waals surface area (Å²) in [5.41, 5.74) is 2.22. The van der Waals surface area contributed by atoms with Crippen LogP contribution in [0.15, 0.2) is 18.2 Å². The number of halogens is 1. The van der Waals surface area contributed by atoms with E-state index in [0.717, 1.165) is 16.1 Å². The Morgan fingerprint density at radius 2 is 2.07 bits per heavy atom. The highest BCUT2D eigenvalue weighted by atomic mass is 35.5. The van der Waals surface area contributed by atoms with Crippen molar-refractivity contribution >= 4 is 11.6 Å². The molecule has 2 nitrogen and oxygen atoms in total. The van der Waals surface area contributed by atoms with Crippen LogP contribution in [0.25, 0.3) is 0 Å². The summed E-state index contributed by atoms with van der Waals surface area (Å²) in [6.07, 6.45) is 0. The smallest absolute Gasteiger partial charge is 0.0718 e. The Bertz CT molecular complexity index is 287. The van der Waals surface area contributed by atoms with Crippen LogP contribution in [-0.2, 0) is 16.1 Å². The molecule has 0 spiro atoms. The fourth-order valence-electron chi connectivity index (χ4n) is 1.13. The standard InChI is InChI=1S/C11H15ClO2/c1-9-7-10(3-4-11(9)12)8-14-6-5-13-2/h3-4,7H,5-6,8H2,1-2H3. The van der Waals surface area contributed by atoms with E-state index in [1.165, 1.54) is 0 Å². The SMILES string of the molecule is COCCOCc1ccc(Cl)c(C)c1. The van der Waals surface area contributed by atoms with Crippen molar-refractivity contribution in [3.63, 3.8) is 0 Å². The van der Waals surface area contributed by atoms with Crippen molar-refractivity contribution in [1.82, 2.24) is 0 Å². The van der Waals surface area contributed by atoms with Crippen molar-refractivity contribution < 1.29 is 9.47 Å². The van der Waals surface area contributed by atoms with E-state index in [-0.39, 0.29) is 0 Å². The van der Waals surface area contributed by atoms with Crippen molar-refractivity contribution in [2.45, 2.75) is 13.5 Å². The van der Waals surface area contributed by atoms with Crippen LogP contribution in [0.2, 0.25) is 5.02 Å². The lowest BCUT2D eigenvalue weighted by Crippen LogP contribution is -2.01. The molecular formula is C11H15ClO2. The summed E-state index contributed by atoms with van der Waals surface area (Å²) in [7, 11) is 1.66. The third kappa shape index (κ3) is 3.66. The minimum atomic E-state index is 0.612. The van der Waals surface area contributed by atoms with Crippen LogP contribution in [0, 0.1) is 6.92 Å². The Morgan fingerprint density at radius 1 is 1.29 bits per heavy atom. The Balaban J connectivity index is 2.39. The van der Waals surface area contributed by atoms with Gasteiger partial charge < -0.3 is 9.47 Å². The van der Waals surface area contributed by atoms with E-state index >= 15 is 0 Å². The first-order valence-electron chi connectivity index (χ1n) is 4.55.